The minimum atomic E-state index is -0.0576. The summed E-state index contributed by atoms with van der Waals surface area (Å²) in [6, 6.07) is 18.6. The Bertz CT molecular complexity index is 869. The van der Waals surface area contributed by atoms with Crippen LogP contribution >= 0.6 is 0 Å². The van der Waals surface area contributed by atoms with E-state index in [0.717, 1.165) is 43.7 Å². The van der Waals surface area contributed by atoms with Crippen molar-refractivity contribution in [3.63, 3.8) is 0 Å². The Balaban J connectivity index is 1.32. The number of piperidine rings is 1. The van der Waals surface area contributed by atoms with E-state index in [0.29, 0.717) is 25.6 Å². The zero-order valence-electron chi connectivity index (χ0n) is 17.6. The Morgan fingerprint density at radius 3 is 2.53 bits per heavy atom. The molecule has 0 bridgehead atoms. The van der Waals surface area contributed by atoms with Gasteiger partial charge in [0.2, 0.25) is 5.91 Å². The van der Waals surface area contributed by atoms with Gasteiger partial charge in [-0.1, -0.05) is 42.5 Å². The molecule has 6 nitrogen and oxygen atoms in total. The lowest BCUT2D eigenvalue weighted by Crippen LogP contribution is -2.48. The summed E-state index contributed by atoms with van der Waals surface area (Å²) in [4.78, 5) is 30.8. The highest BCUT2D eigenvalue weighted by molar-refractivity contribution is 5.94. The van der Waals surface area contributed by atoms with Crippen LogP contribution in [0.1, 0.15) is 24.0 Å². The Hall–Kier alpha value is -2.86. The van der Waals surface area contributed by atoms with Crippen LogP contribution in [-0.4, -0.2) is 61.0 Å². The second-order valence-electron chi connectivity index (χ2n) is 8.26. The fourth-order valence-electron chi connectivity index (χ4n) is 4.34. The van der Waals surface area contributed by atoms with Gasteiger partial charge in [0.25, 0.3) is 0 Å². The molecule has 2 aliphatic heterocycles. The van der Waals surface area contributed by atoms with E-state index in [4.69, 9.17) is 0 Å². The third-order valence-electron chi connectivity index (χ3n) is 6.11. The maximum atomic E-state index is 12.9. The van der Waals surface area contributed by atoms with Crippen LogP contribution in [0.25, 0.3) is 0 Å². The lowest BCUT2D eigenvalue weighted by molar-refractivity contribution is -0.132. The van der Waals surface area contributed by atoms with Gasteiger partial charge in [-0.15, -0.1) is 0 Å². The van der Waals surface area contributed by atoms with Crippen LogP contribution in [0.15, 0.2) is 54.6 Å². The summed E-state index contributed by atoms with van der Waals surface area (Å²) < 4.78 is 0. The molecule has 2 aromatic rings. The molecule has 4 rings (SSSR count). The molecule has 158 valence electrons. The van der Waals surface area contributed by atoms with Gasteiger partial charge in [0.1, 0.15) is 0 Å². The first kappa shape index (κ1) is 20.4. The number of rotatable bonds is 6. The van der Waals surface area contributed by atoms with Crippen molar-refractivity contribution in [1.29, 1.82) is 0 Å². The third-order valence-corrected chi connectivity index (χ3v) is 6.11. The molecule has 0 saturated carbocycles. The van der Waals surface area contributed by atoms with Crippen molar-refractivity contribution in [3.8, 4) is 0 Å². The van der Waals surface area contributed by atoms with Crippen molar-refractivity contribution in [2.75, 3.05) is 38.1 Å². The predicted molar refractivity (Wildman–Crippen MR) is 118 cm³/mol. The molecule has 30 heavy (non-hydrogen) atoms. The molecule has 2 fully saturated rings. The number of anilines is 1. The normalized spacial score (nSPS) is 19.3. The lowest BCUT2D eigenvalue weighted by atomic mass is 10.0. The molecule has 0 unspecified atom stereocenters. The van der Waals surface area contributed by atoms with E-state index in [-0.39, 0.29) is 11.9 Å². The zero-order chi connectivity index (χ0) is 20.9. The number of nitrogens with one attached hydrogen (secondary N) is 1. The number of carbonyl (C=O) groups excluding carboxylic acids is 2. The number of amides is 3. The van der Waals surface area contributed by atoms with Crippen LogP contribution in [0.3, 0.4) is 0 Å². The summed E-state index contributed by atoms with van der Waals surface area (Å²) >= 11 is 0. The first-order valence-corrected chi connectivity index (χ1v) is 10.8. The predicted octanol–water partition coefficient (Wildman–Crippen LogP) is 2.88. The van der Waals surface area contributed by atoms with Gasteiger partial charge in [-0.05, 0) is 43.1 Å². The minimum Gasteiger partial charge on any atom is -0.341 e. The van der Waals surface area contributed by atoms with E-state index in [1.807, 2.05) is 35.2 Å². The summed E-state index contributed by atoms with van der Waals surface area (Å²) in [6.07, 6.45) is 2.57. The molecule has 2 saturated heterocycles. The number of nitrogens with zero attached hydrogens (tertiary/aromatic N) is 3. The molecule has 6 heteroatoms. The van der Waals surface area contributed by atoms with Crippen LogP contribution < -0.4 is 10.2 Å². The smallest absolute Gasteiger partial charge is 0.321 e. The van der Waals surface area contributed by atoms with Gasteiger partial charge in [0.05, 0.1) is 6.42 Å². The molecule has 1 N–H and O–H groups in total. The largest absolute Gasteiger partial charge is 0.341 e. The van der Waals surface area contributed by atoms with Crippen LogP contribution in [0, 0.1) is 0 Å². The molecule has 0 spiro atoms. The van der Waals surface area contributed by atoms with Crippen molar-refractivity contribution in [2.24, 2.45) is 0 Å². The highest BCUT2D eigenvalue weighted by Crippen LogP contribution is 2.20. The van der Waals surface area contributed by atoms with Gasteiger partial charge in [0, 0.05) is 44.5 Å². The van der Waals surface area contributed by atoms with Gasteiger partial charge < -0.3 is 10.2 Å². The fraction of sp³-hybridized carbons (Fsp3) is 0.417. The first-order chi connectivity index (χ1) is 14.6. The Morgan fingerprint density at radius 1 is 1.07 bits per heavy atom. The molecule has 2 heterocycles. The maximum absolute atomic E-state index is 12.9. The second kappa shape index (κ2) is 9.30. The molecular formula is C24H30N4O2. The van der Waals surface area contributed by atoms with Crippen molar-refractivity contribution in [3.05, 3.63) is 65.7 Å². The Labute approximate surface area is 178 Å². The number of urea groups is 1. The van der Waals surface area contributed by atoms with E-state index >= 15 is 0 Å². The number of hydrogen-bond donors (Lipinski definition) is 1. The van der Waals surface area contributed by atoms with Crippen LogP contribution in [0.4, 0.5) is 10.5 Å². The van der Waals surface area contributed by atoms with Crippen molar-refractivity contribution in [2.45, 2.75) is 31.8 Å². The second-order valence-corrected chi connectivity index (χ2v) is 8.26. The average molecular weight is 407 g/mol. The molecule has 0 aromatic heterocycles. The van der Waals surface area contributed by atoms with Crippen LogP contribution in [0.2, 0.25) is 0 Å². The van der Waals surface area contributed by atoms with Gasteiger partial charge >= 0.3 is 6.03 Å². The lowest BCUT2D eigenvalue weighted by Gasteiger charge is -2.38. The quantitative estimate of drug-likeness (QED) is 0.803. The van der Waals surface area contributed by atoms with Crippen LogP contribution in [0.5, 0.6) is 0 Å². The standard InChI is InChI=1S/C24H30N4O2/c1-26(17-20-6-3-2-4-7-20)22-8-5-14-27(18-22)23(29)16-19-9-11-21(12-10-19)28-15-13-25-24(28)30/h2-4,6-7,9-12,22H,5,8,13-18H2,1H3,(H,25,30)/t22-/m1/s1. The van der Waals surface area contributed by atoms with Gasteiger partial charge in [0.15, 0.2) is 0 Å². The van der Waals surface area contributed by atoms with E-state index in [1.54, 1.807) is 4.90 Å². The highest BCUT2D eigenvalue weighted by Gasteiger charge is 2.26. The average Bonchev–Trinajstić information content (AvgIpc) is 3.21. The Kier molecular flexibility index (Phi) is 6.33. The van der Waals surface area contributed by atoms with E-state index in [1.165, 1.54) is 5.56 Å². The number of hydrogen-bond acceptors (Lipinski definition) is 3. The minimum absolute atomic E-state index is 0.0576. The summed E-state index contributed by atoms with van der Waals surface area (Å²) in [5.41, 5.74) is 3.17. The fourth-order valence-corrected chi connectivity index (χ4v) is 4.34. The summed E-state index contributed by atoms with van der Waals surface area (Å²) in [5, 5.41) is 2.81. The highest BCUT2D eigenvalue weighted by atomic mass is 16.2. The maximum Gasteiger partial charge on any atom is 0.321 e. The molecule has 0 aliphatic carbocycles. The third kappa shape index (κ3) is 4.82. The topological polar surface area (TPSA) is 55.9 Å². The summed E-state index contributed by atoms with van der Waals surface area (Å²) in [5.74, 6) is 0.180. The van der Waals surface area contributed by atoms with E-state index in [9.17, 15) is 9.59 Å². The number of carbonyl (C=O) groups is 2. The van der Waals surface area contributed by atoms with Crippen LogP contribution in [-0.2, 0) is 17.8 Å². The molecule has 0 radical (unpaired) electrons. The molecule has 1 atom stereocenters. The molecular weight excluding hydrogens is 376 g/mol. The summed E-state index contributed by atoms with van der Waals surface area (Å²) in [6.45, 7) is 3.88. The SMILES string of the molecule is CN(Cc1ccccc1)[C@@H]1CCCN(C(=O)Cc2ccc(N3CCNC3=O)cc2)C1. The number of benzene rings is 2. The molecule has 3 amide bonds. The molecule has 2 aromatic carbocycles. The van der Waals surface area contributed by atoms with Crippen molar-refractivity contribution >= 4 is 17.6 Å². The van der Waals surface area contributed by atoms with E-state index in [2.05, 4.69) is 41.5 Å². The van der Waals surface area contributed by atoms with E-state index < -0.39 is 0 Å². The van der Waals surface area contributed by atoms with Gasteiger partial charge in [-0.25, -0.2) is 4.79 Å². The Morgan fingerprint density at radius 2 is 1.83 bits per heavy atom. The van der Waals surface area contributed by atoms with Gasteiger partial charge in [-0.3, -0.25) is 14.6 Å². The summed E-state index contributed by atoms with van der Waals surface area (Å²) in [7, 11) is 2.15. The number of likely N-dealkylation sites (N-methyl/N-ethyl adjacent to an activating group) is 1. The number of likely N-dealkylation sites (tertiary alicyclic amines) is 1. The monoisotopic (exact) mass is 406 g/mol. The zero-order valence-corrected chi connectivity index (χ0v) is 17.6. The molecule has 2 aliphatic rings. The van der Waals surface area contributed by atoms with Crippen molar-refractivity contribution < 1.29 is 9.59 Å². The van der Waals surface area contributed by atoms with Gasteiger partial charge in [-0.2, -0.15) is 0 Å². The van der Waals surface area contributed by atoms with Crippen molar-refractivity contribution in [1.82, 2.24) is 15.1 Å². The first-order valence-electron chi connectivity index (χ1n) is 10.8.